The summed E-state index contributed by atoms with van der Waals surface area (Å²) in [7, 11) is 0. The van der Waals surface area contributed by atoms with E-state index in [1.54, 1.807) is 0 Å². The van der Waals surface area contributed by atoms with Crippen LogP contribution in [0.25, 0.3) is 0 Å². The van der Waals surface area contributed by atoms with Crippen LogP contribution in [0.1, 0.15) is 60.3 Å². The molecule has 0 nitrogen and oxygen atoms in total. The fraction of sp³-hybridized carbons (Fsp3) is 0.733. The smallest absolute Gasteiger partial charge is 0.0265 e. The second-order valence-electron chi connectivity index (χ2n) is 5.01. The second-order valence-corrected chi connectivity index (χ2v) is 5.01. The molecule has 0 rings (SSSR count). The van der Waals surface area contributed by atoms with Crippen molar-refractivity contribution in [2.45, 2.75) is 60.3 Å². The molecule has 88 valence electrons. The van der Waals surface area contributed by atoms with Gasteiger partial charge in [0.15, 0.2) is 0 Å². The first-order valence-electron chi connectivity index (χ1n) is 6.36. The third-order valence-electron chi connectivity index (χ3n) is 2.86. The van der Waals surface area contributed by atoms with Crippen LogP contribution in [0.15, 0.2) is 23.8 Å². The molecule has 0 saturated carbocycles. The lowest BCUT2D eigenvalue weighted by Crippen LogP contribution is -1.92. The van der Waals surface area contributed by atoms with E-state index in [-0.39, 0.29) is 0 Å². The van der Waals surface area contributed by atoms with Crippen LogP contribution >= 0.6 is 0 Å². The van der Waals surface area contributed by atoms with Gasteiger partial charge in [-0.3, -0.25) is 0 Å². The molecule has 0 aliphatic rings. The summed E-state index contributed by atoms with van der Waals surface area (Å²) in [6, 6.07) is 0. The minimum absolute atomic E-state index is 0.745. The zero-order valence-electron chi connectivity index (χ0n) is 11.2. The summed E-state index contributed by atoms with van der Waals surface area (Å²) in [4.78, 5) is 0. The molecule has 15 heavy (non-hydrogen) atoms. The standard InChI is InChI=1S/C15H28/c1-6-14(4)10-8-12-15(5)11-7-9-13(2)3/h8-10,14-15H,6-7,11-12H2,1-5H3. The molecule has 0 aromatic rings. The molecule has 0 bridgehead atoms. The Morgan fingerprint density at radius 1 is 1.20 bits per heavy atom. The van der Waals surface area contributed by atoms with Crippen molar-refractivity contribution in [1.82, 2.24) is 0 Å². The summed E-state index contributed by atoms with van der Waals surface area (Å²) in [6.45, 7) is 11.2. The zero-order chi connectivity index (χ0) is 11.7. The van der Waals surface area contributed by atoms with Crippen LogP contribution in [0, 0.1) is 11.8 Å². The van der Waals surface area contributed by atoms with Gasteiger partial charge in [0.1, 0.15) is 0 Å². The maximum atomic E-state index is 2.36. The van der Waals surface area contributed by atoms with Gasteiger partial charge in [0.25, 0.3) is 0 Å². The molecule has 0 heteroatoms. The topological polar surface area (TPSA) is 0 Å². The fourth-order valence-electron chi connectivity index (χ4n) is 1.45. The minimum Gasteiger partial charge on any atom is -0.0880 e. The number of rotatable bonds is 7. The van der Waals surface area contributed by atoms with Gasteiger partial charge in [0.2, 0.25) is 0 Å². The maximum absolute atomic E-state index is 2.36. The van der Waals surface area contributed by atoms with Crippen LogP contribution in [-0.2, 0) is 0 Å². The first kappa shape index (κ1) is 14.5. The zero-order valence-corrected chi connectivity index (χ0v) is 11.2. The molecule has 0 amide bonds. The predicted molar refractivity (Wildman–Crippen MR) is 71.0 cm³/mol. The van der Waals surface area contributed by atoms with E-state index in [4.69, 9.17) is 0 Å². The van der Waals surface area contributed by atoms with Crippen molar-refractivity contribution in [2.75, 3.05) is 0 Å². The Hall–Kier alpha value is -0.520. The maximum Gasteiger partial charge on any atom is -0.0265 e. The van der Waals surface area contributed by atoms with E-state index in [2.05, 4.69) is 52.8 Å². The van der Waals surface area contributed by atoms with Crippen LogP contribution in [0.4, 0.5) is 0 Å². The SMILES string of the molecule is CCC(C)C=CCC(C)CCC=C(C)C. The monoisotopic (exact) mass is 208 g/mol. The van der Waals surface area contributed by atoms with Crippen LogP contribution in [0.2, 0.25) is 0 Å². The molecular weight excluding hydrogens is 180 g/mol. The van der Waals surface area contributed by atoms with Crippen LogP contribution in [-0.4, -0.2) is 0 Å². The van der Waals surface area contributed by atoms with Gasteiger partial charge in [-0.1, -0.05) is 51.0 Å². The molecule has 0 aromatic heterocycles. The van der Waals surface area contributed by atoms with Gasteiger partial charge in [0, 0.05) is 0 Å². The van der Waals surface area contributed by atoms with E-state index in [1.807, 2.05) is 0 Å². The Morgan fingerprint density at radius 2 is 1.87 bits per heavy atom. The van der Waals surface area contributed by atoms with E-state index in [9.17, 15) is 0 Å². The molecule has 2 unspecified atom stereocenters. The van der Waals surface area contributed by atoms with Crippen LogP contribution in [0.3, 0.4) is 0 Å². The number of hydrogen-bond donors (Lipinski definition) is 0. The molecule has 0 saturated heterocycles. The Bertz CT molecular complexity index is 194. The average molecular weight is 208 g/mol. The lowest BCUT2D eigenvalue weighted by molar-refractivity contribution is 0.543. The van der Waals surface area contributed by atoms with Crippen molar-refractivity contribution in [3.8, 4) is 0 Å². The summed E-state index contributed by atoms with van der Waals surface area (Å²) < 4.78 is 0. The summed E-state index contributed by atoms with van der Waals surface area (Å²) in [5, 5.41) is 0. The summed E-state index contributed by atoms with van der Waals surface area (Å²) in [6.07, 6.45) is 12.1. The molecule has 0 spiro atoms. The molecule has 0 aliphatic heterocycles. The van der Waals surface area contributed by atoms with Crippen molar-refractivity contribution in [3.05, 3.63) is 23.8 Å². The highest BCUT2D eigenvalue weighted by Crippen LogP contribution is 2.13. The molecule has 0 N–H and O–H groups in total. The van der Waals surface area contributed by atoms with Crippen molar-refractivity contribution < 1.29 is 0 Å². The van der Waals surface area contributed by atoms with Gasteiger partial charge >= 0.3 is 0 Å². The van der Waals surface area contributed by atoms with Crippen molar-refractivity contribution >= 4 is 0 Å². The van der Waals surface area contributed by atoms with Crippen molar-refractivity contribution in [1.29, 1.82) is 0 Å². The minimum atomic E-state index is 0.745. The molecular formula is C15H28. The lowest BCUT2D eigenvalue weighted by Gasteiger charge is -2.07. The summed E-state index contributed by atoms with van der Waals surface area (Å²) in [5.41, 5.74) is 1.44. The highest BCUT2D eigenvalue weighted by molar-refractivity contribution is 4.93. The van der Waals surface area contributed by atoms with E-state index in [0.29, 0.717) is 0 Å². The largest absolute Gasteiger partial charge is 0.0880 e. The first-order chi connectivity index (χ1) is 7.06. The van der Waals surface area contributed by atoms with Gasteiger partial charge in [-0.15, -0.1) is 0 Å². The fourth-order valence-corrected chi connectivity index (χ4v) is 1.45. The van der Waals surface area contributed by atoms with E-state index in [1.165, 1.54) is 31.3 Å². The molecule has 2 atom stereocenters. The molecule has 0 aromatic carbocycles. The Kier molecular flexibility index (Phi) is 8.46. The quantitative estimate of drug-likeness (QED) is 0.494. The van der Waals surface area contributed by atoms with Crippen LogP contribution < -0.4 is 0 Å². The van der Waals surface area contributed by atoms with E-state index < -0.39 is 0 Å². The third kappa shape index (κ3) is 9.78. The van der Waals surface area contributed by atoms with E-state index in [0.717, 1.165) is 11.8 Å². The molecule has 0 fully saturated rings. The highest BCUT2D eigenvalue weighted by atomic mass is 14.0. The molecule has 0 radical (unpaired) electrons. The number of allylic oxidation sites excluding steroid dienone is 4. The lowest BCUT2D eigenvalue weighted by atomic mass is 9.99. The number of hydrogen-bond acceptors (Lipinski definition) is 0. The molecule has 0 heterocycles. The molecule has 0 aliphatic carbocycles. The average Bonchev–Trinajstić information content (AvgIpc) is 2.17. The van der Waals surface area contributed by atoms with Crippen LogP contribution in [0.5, 0.6) is 0 Å². The van der Waals surface area contributed by atoms with Gasteiger partial charge < -0.3 is 0 Å². The van der Waals surface area contributed by atoms with Crippen molar-refractivity contribution in [3.63, 3.8) is 0 Å². The van der Waals surface area contributed by atoms with Gasteiger partial charge in [-0.25, -0.2) is 0 Å². The first-order valence-corrected chi connectivity index (χ1v) is 6.36. The Labute approximate surface area is 96.5 Å². The summed E-state index contributed by atoms with van der Waals surface area (Å²) >= 11 is 0. The third-order valence-corrected chi connectivity index (χ3v) is 2.86. The summed E-state index contributed by atoms with van der Waals surface area (Å²) in [5.74, 6) is 1.57. The predicted octanol–water partition coefficient (Wildman–Crippen LogP) is 5.36. The van der Waals surface area contributed by atoms with Gasteiger partial charge in [-0.05, 0) is 44.9 Å². The van der Waals surface area contributed by atoms with Crippen molar-refractivity contribution in [2.24, 2.45) is 11.8 Å². The Morgan fingerprint density at radius 3 is 2.40 bits per heavy atom. The Balaban J connectivity index is 3.61. The van der Waals surface area contributed by atoms with E-state index >= 15 is 0 Å². The van der Waals surface area contributed by atoms with Gasteiger partial charge in [0.05, 0.1) is 0 Å². The second kappa shape index (κ2) is 8.76. The normalized spacial score (nSPS) is 15.3. The highest BCUT2D eigenvalue weighted by Gasteiger charge is 1.98. The van der Waals surface area contributed by atoms with Gasteiger partial charge in [-0.2, -0.15) is 0 Å².